The van der Waals surface area contributed by atoms with E-state index in [0.717, 1.165) is 12.5 Å². The van der Waals surface area contributed by atoms with E-state index in [2.05, 4.69) is 5.32 Å². The molecule has 0 bridgehead atoms. The zero-order valence-electron chi connectivity index (χ0n) is 12.9. The van der Waals surface area contributed by atoms with Crippen LogP contribution in [0.3, 0.4) is 0 Å². The maximum atomic E-state index is 12.3. The summed E-state index contributed by atoms with van der Waals surface area (Å²) in [5.41, 5.74) is -0.786. The van der Waals surface area contributed by atoms with Crippen molar-refractivity contribution >= 4 is 23.4 Å². The molecule has 0 saturated carbocycles. The molecule has 9 nitrogen and oxygen atoms in total. The number of aliphatic hydroxyl groups excluding tert-OH is 1. The molecule has 0 radical (unpaired) electrons. The summed E-state index contributed by atoms with van der Waals surface area (Å²) in [4.78, 5) is 47.3. The van der Waals surface area contributed by atoms with Gasteiger partial charge in [0.2, 0.25) is 5.91 Å². The first-order chi connectivity index (χ1) is 11.5. The lowest BCUT2D eigenvalue weighted by Crippen LogP contribution is -2.40. The zero-order valence-corrected chi connectivity index (χ0v) is 12.9. The molecule has 2 N–H and O–H groups in total. The van der Waals surface area contributed by atoms with Crippen LogP contribution in [0.4, 0.5) is 5.69 Å². The van der Waals surface area contributed by atoms with Gasteiger partial charge in [-0.1, -0.05) is 6.07 Å². The van der Waals surface area contributed by atoms with Gasteiger partial charge in [0.1, 0.15) is 12.1 Å². The van der Waals surface area contributed by atoms with Crippen molar-refractivity contribution < 1.29 is 24.4 Å². The average molecular weight is 335 g/mol. The second-order valence-corrected chi connectivity index (χ2v) is 5.29. The molecule has 128 valence electrons. The molecule has 1 aromatic carbocycles. The van der Waals surface area contributed by atoms with E-state index in [9.17, 15) is 24.5 Å². The predicted octanol–water partition coefficient (Wildman–Crippen LogP) is 0.470. The number of amides is 3. The third-order valence-electron chi connectivity index (χ3n) is 3.63. The molecule has 1 aromatic rings. The van der Waals surface area contributed by atoms with Crippen molar-refractivity contribution in [1.82, 2.24) is 10.2 Å². The largest absolute Gasteiger partial charge is 0.396 e. The lowest BCUT2D eigenvalue weighted by atomic mass is 10.1. The maximum absolute atomic E-state index is 12.3. The fourth-order valence-corrected chi connectivity index (χ4v) is 2.45. The Hall–Kier alpha value is -2.81. The van der Waals surface area contributed by atoms with Crippen LogP contribution in [0.2, 0.25) is 0 Å². The summed E-state index contributed by atoms with van der Waals surface area (Å²) >= 11 is 0. The summed E-state index contributed by atoms with van der Waals surface area (Å²) in [6, 6.07) is 3.80. The Balaban J connectivity index is 2.02. The minimum atomic E-state index is -0.835. The van der Waals surface area contributed by atoms with Crippen LogP contribution in [0, 0.1) is 10.1 Å². The van der Waals surface area contributed by atoms with Gasteiger partial charge >= 0.3 is 0 Å². The maximum Gasteiger partial charge on any atom is 0.282 e. The van der Waals surface area contributed by atoms with Crippen LogP contribution in [0.15, 0.2) is 18.2 Å². The van der Waals surface area contributed by atoms with Crippen molar-refractivity contribution in [2.24, 2.45) is 0 Å². The van der Waals surface area contributed by atoms with Crippen LogP contribution in [-0.2, 0) is 4.79 Å². The molecule has 24 heavy (non-hydrogen) atoms. The number of nitrogens with zero attached hydrogens (tertiary/aromatic N) is 2. The third-order valence-corrected chi connectivity index (χ3v) is 3.63. The number of carbonyl (C=O) groups excluding carboxylic acids is 3. The highest BCUT2D eigenvalue weighted by Crippen LogP contribution is 2.30. The minimum absolute atomic E-state index is 0.0649. The second kappa shape index (κ2) is 7.64. The van der Waals surface area contributed by atoms with Crippen molar-refractivity contribution in [3.05, 3.63) is 39.4 Å². The van der Waals surface area contributed by atoms with Gasteiger partial charge in [0.05, 0.1) is 10.5 Å². The fourth-order valence-electron chi connectivity index (χ4n) is 2.45. The molecule has 0 aliphatic carbocycles. The molecule has 1 aliphatic heterocycles. The Morgan fingerprint density at radius 1 is 1.21 bits per heavy atom. The standard InChI is InChI=1S/C15H17N3O6/c19-8-3-1-2-7-16-12(20)9-17-14(21)10-5-4-6-11(18(23)24)13(10)15(17)22/h4-6,19H,1-3,7-9H2,(H,16,20). The monoisotopic (exact) mass is 335 g/mol. The number of hydrogen-bond acceptors (Lipinski definition) is 6. The summed E-state index contributed by atoms with van der Waals surface area (Å²) in [5, 5.41) is 22.2. The van der Waals surface area contributed by atoms with E-state index in [1.807, 2.05) is 0 Å². The summed E-state index contributed by atoms with van der Waals surface area (Å²) in [6.07, 6.45) is 2.05. The van der Waals surface area contributed by atoms with Gasteiger partial charge in [0.15, 0.2) is 0 Å². The summed E-state index contributed by atoms with van der Waals surface area (Å²) < 4.78 is 0. The average Bonchev–Trinajstić information content (AvgIpc) is 2.79. The number of rotatable bonds is 8. The van der Waals surface area contributed by atoms with Gasteiger partial charge in [-0.25, -0.2) is 0 Å². The number of nitrogens with one attached hydrogen (secondary N) is 1. The molecule has 2 rings (SSSR count). The highest BCUT2D eigenvalue weighted by molar-refractivity contribution is 6.24. The highest BCUT2D eigenvalue weighted by atomic mass is 16.6. The molecule has 9 heteroatoms. The number of aliphatic hydroxyl groups is 1. The second-order valence-electron chi connectivity index (χ2n) is 5.29. The summed E-state index contributed by atoms with van der Waals surface area (Å²) in [6.45, 7) is -0.0343. The molecule has 1 heterocycles. The Morgan fingerprint density at radius 2 is 1.96 bits per heavy atom. The Bertz CT molecular complexity index is 688. The third kappa shape index (κ3) is 3.57. The van der Waals surface area contributed by atoms with Crippen molar-refractivity contribution in [2.75, 3.05) is 19.7 Å². The van der Waals surface area contributed by atoms with Crippen molar-refractivity contribution in [2.45, 2.75) is 19.3 Å². The zero-order chi connectivity index (χ0) is 17.7. The van der Waals surface area contributed by atoms with E-state index in [0.29, 0.717) is 24.3 Å². The van der Waals surface area contributed by atoms with Crippen LogP contribution in [0.25, 0.3) is 0 Å². The minimum Gasteiger partial charge on any atom is -0.396 e. The number of nitro benzene ring substituents is 1. The number of imide groups is 1. The molecule has 0 atom stereocenters. The molecule has 3 amide bonds. The van der Waals surface area contributed by atoms with Crippen molar-refractivity contribution in [1.29, 1.82) is 0 Å². The van der Waals surface area contributed by atoms with Crippen molar-refractivity contribution in [3.63, 3.8) is 0 Å². The fraction of sp³-hybridized carbons (Fsp3) is 0.400. The quantitative estimate of drug-likeness (QED) is 0.307. The van der Waals surface area contributed by atoms with Crippen LogP contribution in [0.5, 0.6) is 0 Å². The topological polar surface area (TPSA) is 130 Å². The SMILES string of the molecule is O=C(CN1C(=O)c2cccc([N+](=O)[O-])c2C1=O)NCCCCCO. The number of nitro groups is 1. The molecular formula is C15H17N3O6. The molecule has 0 aromatic heterocycles. The van der Waals surface area contributed by atoms with E-state index < -0.39 is 34.9 Å². The molecule has 0 saturated heterocycles. The predicted molar refractivity (Wildman–Crippen MR) is 82.4 cm³/mol. The first-order valence-corrected chi connectivity index (χ1v) is 7.48. The molecule has 0 unspecified atom stereocenters. The smallest absolute Gasteiger partial charge is 0.282 e. The van der Waals surface area contributed by atoms with Gasteiger partial charge in [-0.15, -0.1) is 0 Å². The number of unbranched alkanes of at least 4 members (excludes halogenated alkanes) is 2. The molecule has 0 fully saturated rings. The van der Waals surface area contributed by atoms with Gasteiger partial charge in [0, 0.05) is 19.2 Å². The van der Waals surface area contributed by atoms with E-state index in [4.69, 9.17) is 5.11 Å². The Kier molecular flexibility index (Phi) is 5.59. The van der Waals surface area contributed by atoms with Crippen LogP contribution < -0.4 is 5.32 Å². The Morgan fingerprint density at radius 3 is 2.62 bits per heavy atom. The first-order valence-electron chi connectivity index (χ1n) is 7.48. The van der Waals surface area contributed by atoms with Gasteiger partial charge in [-0.3, -0.25) is 29.4 Å². The van der Waals surface area contributed by atoms with Gasteiger partial charge < -0.3 is 10.4 Å². The lowest BCUT2D eigenvalue weighted by Gasteiger charge is -2.13. The first kappa shape index (κ1) is 17.5. The Labute approximate surface area is 137 Å². The van der Waals surface area contributed by atoms with E-state index >= 15 is 0 Å². The van der Waals surface area contributed by atoms with Crippen LogP contribution in [-0.4, -0.2) is 52.3 Å². The van der Waals surface area contributed by atoms with Gasteiger partial charge in [-0.2, -0.15) is 0 Å². The molecular weight excluding hydrogens is 318 g/mol. The van der Waals surface area contributed by atoms with E-state index in [-0.39, 0.29) is 17.7 Å². The molecule has 0 spiro atoms. The van der Waals surface area contributed by atoms with E-state index in [1.165, 1.54) is 12.1 Å². The summed E-state index contributed by atoms with van der Waals surface area (Å²) in [5.74, 6) is -2.07. The number of benzene rings is 1. The summed E-state index contributed by atoms with van der Waals surface area (Å²) in [7, 11) is 0. The van der Waals surface area contributed by atoms with Crippen LogP contribution in [0.1, 0.15) is 40.0 Å². The number of hydrogen-bond donors (Lipinski definition) is 2. The number of fused-ring (bicyclic) bond motifs is 1. The number of carbonyl (C=O) groups is 3. The highest BCUT2D eigenvalue weighted by Gasteiger charge is 2.41. The van der Waals surface area contributed by atoms with Crippen LogP contribution >= 0.6 is 0 Å². The van der Waals surface area contributed by atoms with Gasteiger partial charge in [-0.05, 0) is 25.3 Å². The normalized spacial score (nSPS) is 13.1. The van der Waals surface area contributed by atoms with Gasteiger partial charge in [0.25, 0.3) is 17.5 Å². The van der Waals surface area contributed by atoms with Crippen molar-refractivity contribution in [3.8, 4) is 0 Å². The lowest BCUT2D eigenvalue weighted by molar-refractivity contribution is -0.385. The van der Waals surface area contributed by atoms with E-state index in [1.54, 1.807) is 0 Å². The molecule has 1 aliphatic rings.